The molecule has 4 bridgehead atoms. The van der Waals surface area contributed by atoms with Crippen molar-refractivity contribution in [1.29, 1.82) is 5.41 Å². The van der Waals surface area contributed by atoms with Crippen molar-refractivity contribution in [2.24, 2.45) is 28.9 Å². The maximum absolute atomic E-state index is 7.20. The van der Waals surface area contributed by atoms with Gasteiger partial charge in [-0.2, -0.15) is 0 Å². The Hall–Kier alpha value is -0.730. The van der Waals surface area contributed by atoms with Gasteiger partial charge in [0.25, 0.3) is 0 Å². The molecule has 3 nitrogen and oxygen atoms in total. The summed E-state index contributed by atoms with van der Waals surface area (Å²) >= 11 is 0. The summed E-state index contributed by atoms with van der Waals surface area (Å²) in [4.78, 5) is 0. The van der Waals surface area contributed by atoms with Gasteiger partial charge in [0.2, 0.25) is 0 Å². The normalized spacial score (nSPS) is 44.6. The van der Waals surface area contributed by atoms with Crippen molar-refractivity contribution in [2.45, 2.75) is 44.9 Å². The molecule has 4 N–H and O–H groups in total. The molecule has 0 aromatic rings. The van der Waals surface area contributed by atoms with Crippen LogP contribution in [0.3, 0.4) is 0 Å². The summed E-state index contributed by atoms with van der Waals surface area (Å²) in [5.41, 5.74) is 5.96. The topological polar surface area (TPSA) is 61.9 Å². The summed E-state index contributed by atoms with van der Waals surface area (Å²) in [6.45, 7) is 0.904. The molecule has 4 aliphatic rings. The average molecular weight is 221 g/mol. The molecule has 4 aliphatic carbocycles. The Balaban J connectivity index is 1.62. The first-order chi connectivity index (χ1) is 7.65. The summed E-state index contributed by atoms with van der Waals surface area (Å²) in [7, 11) is 0. The molecule has 0 unspecified atom stereocenters. The monoisotopic (exact) mass is 221 g/mol. The van der Waals surface area contributed by atoms with E-state index in [4.69, 9.17) is 11.1 Å². The molecule has 0 spiro atoms. The van der Waals surface area contributed by atoms with Gasteiger partial charge in [-0.05, 0) is 68.1 Å². The minimum atomic E-state index is 0.129. The Labute approximate surface area is 97.7 Å². The summed E-state index contributed by atoms with van der Waals surface area (Å²) in [6, 6.07) is 0. The second kappa shape index (κ2) is 3.64. The van der Waals surface area contributed by atoms with Crippen LogP contribution in [0.15, 0.2) is 0 Å². The molecule has 16 heavy (non-hydrogen) atoms. The zero-order valence-electron chi connectivity index (χ0n) is 9.97. The molecule has 0 saturated heterocycles. The third-order valence-corrected chi connectivity index (χ3v) is 5.14. The van der Waals surface area contributed by atoms with Crippen LogP contribution < -0.4 is 11.1 Å². The molecule has 0 amide bonds. The molecule has 0 radical (unpaired) electrons. The summed E-state index contributed by atoms with van der Waals surface area (Å²) in [5.74, 6) is 3.22. The fraction of sp³-hybridized carbons (Fsp3) is 0.923. The van der Waals surface area contributed by atoms with Crippen LogP contribution in [0.4, 0.5) is 0 Å². The van der Waals surface area contributed by atoms with E-state index in [0.717, 1.165) is 24.3 Å². The maximum Gasteiger partial charge on any atom is 0.185 e. The molecule has 0 aromatic carbocycles. The van der Waals surface area contributed by atoms with Gasteiger partial charge in [-0.25, -0.2) is 0 Å². The van der Waals surface area contributed by atoms with Crippen LogP contribution in [0.5, 0.6) is 0 Å². The standard InChI is InChI=1S/C13H23N3/c14-12(15)16-2-1-13-6-9-3-10(7-13)5-11(4-9)8-13/h9-11H,1-8H2,(H4,14,15,16). The molecule has 4 rings (SSSR count). The average Bonchev–Trinajstić information content (AvgIpc) is 2.13. The van der Waals surface area contributed by atoms with Crippen LogP contribution in [-0.4, -0.2) is 12.5 Å². The highest BCUT2D eigenvalue weighted by molar-refractivity contribution is 5.74. The van der Waals surface area contributed by atoms with Gasteiger partial charge in [0.15, 0.2) is 5.96 Å². The van der Waals surface area contributed by atoms with Gasteiger partial charge < -0.3 is 11.1 Å². The van der Waals surface area contributed by atoms with Gasteiger partial charge in [0, 0.05) is 6.54 Å². The number of hydrogen-bond acceptors (Lipinski definition) is 1. The lowest BCUT2D eigenvalue weighted by Crippen LogP contribution is -2.47. The van der Waals surface area contributed by atoms with Crippen LogP contribution >= 0.6 is 0 Å². The summed E-state index contributed by atoms with van der Waals surface area (Å²) in [6.07, 6.45) is 10.1. The molecule has 3 heteroatoms. The lowest BCUT2D eigenvalue weighted by molar-refractivity contribution is -0.0562. The molecule has 0 atom stereocenters. The lowest BCUT2D eigenvalue weighted by atomic mass is 9.49. The van der Waals surface area contributed by atoms with Gasteiger partial charge in [0.1, 0.15) is 0 Å². The highest BCUT2D eigenvalue weighted by Gasteiger charge is 2.50. The third kappa shape index (κ3) is 1.80. The van der Waals surface area contributed by atoms with Crippen molar-refractivity contribution >= 4 is 5.96 Å². The fourth-order valence-corrected chi connectivity index (χ4v) is 5.06. The van der Waals surface area contributed by atoms with Gasteiger partial charge in [0.05, 0.1) is 0 Å². The summed E-state index contributed by atoms with van der Waals surface area (Å²) < 4.78 is 0. The Morgan fingerprint density at radius 2 is 1.62 bits per heavy atom. The number of guanidine groups is 1. The molecule has 4 fully saturated rings. The van der Waals surface area contributed by atoms with Crippen LogP contribution in [0.25, 0.3) is 0 Å². The van der Waals surface area contributed by atoms with Gasteiger partial charge >= 0.3 is 0 Å². The SMILES string of the molecule is N=C(N)NCCC12CC3CC(CC(C3)C1)C2. The van der Waals surface area contributed by atoms with E-state index in [-0.39, 0.29) is 5.96 Å². The van der Waals surface area contributed by atoms with E-state index in [0.29, 0.717) is 5.41 Å². The molecular formula is C13H23N3. The molecule has 4 saturated carbocycles. The first kappa shape index (κ1) is 10.4. The van der Waals surface area contributed by atoms with E-state index in [9.17, 15) is 0 Å². The first-order valence-corrected chi connectivity index (χ1v) is 6.73. The van der Waals surface area contributed by atoms with Gasteiger partial charge in [-0.3, -0.25) is 5.41 Å². The van der Waals surface area contributed by atoms with Gasteiger partial charge in [-0.1, -0.05) is 0 Å². The van der Waals surface area contributed by atoms with Gasteiger partial charge in [-0.15, -0.1) is 0 Å². The van der Waals surface area contributed by atoms with Crippen LogP contribution in [-0.2, 0) is 0 Å². The largest absolute Gasteiger partial charge is 0.370 e. The molecule has 0 aromatic heterocycles. The van der Waals surface area contributed by atoms with Crippen LogP contribution in [0.2, 0.25) is 0 Å². The van der Waals surface area contributed by atoms with E-state index < -0.39 is 0 Å². The fourth-order valence-electron chi connectivity index (χ4n) is 5.06. The maximum atomic E-state index is 7.20. The molecule has 0 heterocycles. The van der Waals surface area contributed by atoms with E-state index in [1.54, 1.807) is 0 Å². The molecule has 90 valence electrons. The van der Waals surface area contributed by atoms with Crippen molar-refractivity contribution in [3.8, 4) is 0 Å². The second-order valence-electron chi connectivity index (χ2n) is 6.51. The number of hydrogen-bond donors (Lipinski definition) is 3. The predicted molar refractivity (Wildman–Crippen MR) is 65.1 cm³/mol. The van der Waals surface area contributed by atoms with Crippen molar-refractivity contribution in [3.63, 3.8) is 0 Å². The third-order valence-electron chi connectivity index (χ3n) is 5.14. The Kier molecular flexibility index (Phi) is 2.37. The lowest BCUT2D eigenvalue weighted by Gasteiger charge is -2.57. The zero-order chi connectivity index (χ0) is 11.2. The molecular weight excluding hydrogens is 198 g/mol. The zero-order valence-corrected chi connectivity index (χ0v) is 9.97. The smallest absolute Gasteiger partial charge is 0.185 e. The first-order valence-electron chi connectivity index (χ1n) is 6.73. The quantitative estimate of drug-likeness (QED) is 0.504. The van der Waals surface area contributed by atoms with Crippen LogP contribution in [0, 0.1) is 28.6 Å². The minimum Gasteiger partial charge on any atom is -0.370 e. The summed E-state index contributed by atoms with van der Waals surface area (Å²) in [5, 5.41) is 10.2. The Morgan fingerprint density at radius 3 is 2.06 bits per heavy atom. The van der Waals surface area contributed by atoms with Crippen molar-refractivity contribution in [2.75, 3.05) is 6.54 Å². The Morgan fingerprint density at radius 1 is 1.12 bits per heavy atom. The van der Waals surface area contributed by atoms with Crippen molar-refractivity contribution in [1.82, 2.24) is 5.32 Å². The van der Waals surface area contributed by atoms with E-state index in [1.807, 2.05) is 0 Å². The van der Waals surface area contributed by atoms with Crippen molar-refractivity contribution < 1.29 is 0 Å². The van der Waals surface area contributed by atoms with Crippen molar-refractivity contribution in [3.05, 3.63) is 0 Å². The minimum absolute atomic E-state index is 0.129. The van der Waals surface area contributed by atoms with E-state index in [2.05, 4.69) is 5.32 Å². The van der Waals surface area contributed by atoms with E-state index >= 15 is 0 Å². The number of nitrogens with two attached hydrogens (primary N) is 1. The highest BCUT2D eigenvalue weighted by atomic mass is 15.0. The highest BCUT2D eigenvalue weighted by Crippen LogP contribution is 2.61. The predicted octanol–water partition coefficient (Wildman–Crippen LogP) is 2.08. The van der Waals surface area contributed by atoms with E-state index in [1.165, 1.54) is 44.9 Å². The number of rotatable bonds is 3. The Bertz CT molecular complexity index is 262. The number of nitrogens with one attached hydrogen (secondary N) is 2. The molecule has 0 aliphatic heterocycles. The second-order valence-corrected chi connectivity index (χ2v) is 6.51. The van der Waals surface area contributed by atoms with Crippen LogP contribution in [0.1, 0.15) is 44.9 Å².